The summed E-state index contributed by atoms with van der Waals surface area (Å²) in [4.78, 5) is 16.7. The summed E-state index contributed by atoms with van der Waals surface area (Å²) in [5.41, 5.74) is 3.23. The largest absolute Gasteiger partial charge is 0.326 e. The average molecular weight is 377 g/mol. The van der Waals surface area contributed by atoms with Gasteiger partial charge in [0.25, 0.3) is 0 Å². The maximum atomic E-state index is 12.2. The minimum atomic E-state index is -0.105. The van der Waals surface area contributed by atoms with Gasteiger partial charge in [0, 0.05) is 16.6 Å². The number of nitrogens with zero attached hydrogens (tertiary/aromatic N) is 1. The fourth-order valence-electron chi connectivity index (χ4n) is 2.28. The summed E-state index contributed by atoms with van der Waals surface area (Å²) >= 11 is 13.8. The molecule has 6 heteroatoms. The number of hydrogen-bond donors (Lipinski definition) is 1. The quantitative estimate of drug-likeness (QED) is 0.642. The van der Waals surface area contributed by atoms with Crippen molar-refractivity contribution in [1.29, 1.82) is 0 Å². The molecule has 0 aliphatic rings. The van der Waals surface area contributed by atoms with E-state index in [2.05, 4.69) is 10.3 Å². The molecule has 2 aromatic carbocycles. The van der Waals surface area contributed by atoms with Crippen LogP contribution in [0.25, 0.3) is 10.6 Å². The monoisotopic (exact) mass is 376 g/mol. The van der Waals surface area contributed by atoms with Crippen LogP contribution in [0.4, 0.5) is 5.69 Å². The van der Waals surface area contributed by atoms with Crippen LogP contribution in [-0.2, 0) is 11.2 Å². The van der Waals surface area contributed by atoms with E-state index in [1.165, 1.54) is 11.3 Å². The fourth-order valence-corrected chi connectivity index (χ4v) is 3.86. The van der Waals surface area contributed by atoms with Gasteiger partial charge in [0.15, 0.2) is 0 Å². The number of aromatic nitrogens is 1. The van der Waals surface area contributed by atoms with Crippen LogP contribution in [0, 0.1) is 6.92 Å². The van der Waals surface area contributed by atoms with E-state index in [-0.39, 0.29) is 12.3 Å². The van der Waals surface area contributed by atoms with Crippen molar-refractivity contribution >= 4 is 46.1 Å². The number of thiazole rings is 1. The van der Waals surface area contributed by atoms with Gasteiger partial charge in [-0.2, -0.15) is 0 Å². The van der Waals surface area contributed by atoms with Crippen LogP contribution in [-0.4, -0.2) is 10.9 Å². The second-order valence-electron chi connectivity index (χ2n) is 5.28. The van der Waals surface area contributed by atoms with Gasteiger partial charge in [0.05, 0.1) is 22.2 Å². The van der Waals surface area contributed by atoms with E-state index in [4.69, 9.17) is 23.2 Å². The Labute approximate surface area is 154 Å². The van der Waals surface area contributed by atoms with Crippen molar-refractivity contribution in [3.8, 4) is 10.6 Å². The van der Waals surface area contributed by atoms with Gasteiger partial charge in [-0.3, -0.25) is 4.79 Å². The molecule has 3 nitrogen and oxygen atoms in total. The zero-order valence-electron chi connectivity index (χ0n) is 12.8. The lowest BCUT2D eigenvalue weighted by atomic mass is 10.2. The second-order valence-corrected chi connectivity index (χ2v) is 6.95. The van der Waals surface area contributed by atoms with Crippen LogP contribution < -0.4 is 5.32 Å². The molecule has 122 valence electrons. The van der Waals surface area contributed by atoms with E-state index < -0.39 is 0 Å². The molecule has 3 rings (SSSR count). The van der Waals surface area contributed by atoms with Gasteiger partial charge in [-0.1, -0.05) is 47.5 Å². The highest BCUT2D eigenvalue weighted by Crippen LogP contribution is 2.36. The fraction of sp³-hybridized carbons (Fsp3) is 0.111. The number of hydrogen-bond acceptors (Lipinski definition) is 3. The Hall–Kier alpha value is -1.88. The number of anilines is 1. The van der Waals surface area contributed by atoms with E-state index >= 15 is 0 Å². The standard InChI is InChI=1S/C18H14Cl2N2OS/c1-11-5-2-3-8-15(11)22-16(23)9-12-10-24-18(21-12)17-13(19)6-4-7-14(17)20/h2-8,10H,9H2,1H3,(H,22,23). The second kappa shape index (κ2) is 7.34. The molecule has 0 unspecified atom stereocenters. The molecule has 0 spiro atoms. The molecule has 1 aromatic heterocycles. The highest BCUT2D eigenvalue weighted by molar-refractivity contribution is 7.13. The summed E-state index contributed by atoms with van der Waals surface area (Å²) in [6.45, 7) is 1.95. The Balaban J connectivity index is 1.75. The SMILES string of the molecule is Cc1ccccc1NC(=O)Cc1csc(-c2c(Cl)cccc2Cl)n1. The van der Waals surface area contributed by atoms with E-state index in [0.717, 1.165) is 11.3 Å². The van der Waals surface area contributed by atoms with Gasteiger partial charge >= 0.3 is 0 Å². The number of nitrogens with one attached hydrogen (secondary N) is 1. The van der Waals surface area contributed by atoms with Crippen molar-refractivity contribution in [2.24, 2.45) is 0 Å². The third-order valence-electron chi connectivity index (χ3n) is 3.49. The molecule has 0 saturated heterocycles. The number of benzene rings is 2. The number of para-hydroxylation sites is 1. The lowest BCUT2D eigenvalue weighted by Crippen LogP contribution is -2.15. The molecule has 0 fully saturated rings. The van der Waals surface area contributed by atoms with Crippen LogP contribution >= 0.6 is 34.5 Å². The van der Waals surface area contributed by atoms with E-state index in [0.29, 0.717) is 26.3 Å². The van der Waals surface area contributed by atoms with E-state index in [1.54, 1.807) is 18.2 Å². The van der Waals surface area contributed by atoms with Crippen molar-refractivity contribution in [3.05, 3.63) is 69.1 Å². The summed E-state index contributed by atoms with van der Waals surface area (Å²) in [7, 11) is 0. The minimum absolute atomic E-state index is 0.105. The lowest BCUT2D eigenvalue weighted by Gasteiger charge is -2.07. The predicted molar refractivity (Wildman–Crippen MR) is 101 cm³/mol. The first-order valence-corrected chi connectivity index (χ1v) is 8.92. The number of carbonyl (C=O) groups is 1. The third kappa shape index (κ3) is 3.78. The predicted octanol–water partition coefficient (Wildman–Crippen LogP) is 5.61. The van der Waals surface area contributed by atoms with Crippen molar-refractivity contribution in [2.75, 3.05) is 5.32 Å². The minimum Gasteiger partial charge on any atom is -0.326 e. The Kier molecular flexibility index (Phi) is 5.19. The molecule has 0 saturated carbocycles. The van der Waals surface area contributed by atoms with Gasteiger partial charge in [-0.15, -0.1) is 11.3 Å². The van der Waals surface area contributed by atoms with Crippen LogP contribution in [0.3, 0.4) is 0 Å². The highest BCUT2D eigenvalue weighted by Gasteiger charge is 2.14. The zero-order valence-corrected chi connectivity index (χ0v) is 15.2. The van der Waals surface area contributed by atoms with Gasteiger partial charge in [0.1, 0.15) is 5.01 Å². The van der Waals surface area contributed by atoms with Crippen molar-refractivity contribution in [1.82, 2.24) is 4.98 Å². The summed E-state index contributed by atoms with van der Waals surface area (Å²) in [5, 5.41) is 6.57. The maximum absolute atomic E-state index is 12.2. The first kappa shape index (κ1) is 17.0. The van der Waals surface area contributed by atoms with E-state index in [1.807, 2.05) is 36.6 Å². The number of rotatable bonds is 4. The Morgan fingerprint density at radius 3 is 2.54 bits per heavy atom. The van der Waals surface area contributed by atoms with Gasteiger partial charge < -0.3 is 5.32 Å². The molecule has 1 heterocycles. The van der Waals surface area contributed by atoms with Crippen LogP contribution in [0.1, 0.15) is 11.3 Å². The van der Waals surface area contributed by atoms with Crippen molar-refractivity contribution in [2.45, 2.75) is 13.3 Å². The number of aryl methyl sites for hydroxylation is 1. The average Bonchev–Trinajstić information content (AvgIpc) is 2.97. The summed E-state index contributed by atoms with van der Waals surface area (Å²) < 4.78 is 0. The Morgan fingerprint density at radius 1 is 1.12 bits per heavy atom. The first-order chi connectivity index (χ1) is 11.5. The molecule has 0 aliphatic heterocycles. The Bertz CT molecular complexity index is 872. The normalized spacial score (nSPS) is 10.6. The topological polar surface area (TPSA) is 42.0 Å². The molecular formula is C18H14Cl2N2OS. The van der Waals surface area contributed by atoms with Crippen LogP contribution in [0.2, 0.25) is 10.0 Å². The van der Waals surface area contributed by atoms with Gasteiger partial charge in [0.2, 0.25) is 5.91 Å². The molecule has 0 atom stereocenters. The molecule has 24 heavy (non-hydrogen) atoms. The van der Waals surface area contributed by atoms with Gasteiger partial charge in [-0.05, 0) is 30.7 Å². The van der Waals surface area contributed by atoms with Crippen molar-refractivity contribution in [3.63, 3.8) is 0 Å². The number of carbonyl (C=O) groups excluding carboxylic acids is 1. The number of amides is 1. The molecular weight excluding hydrogens is 363 g/mol. The van der Waals surface area contributed by atoms with Crippen LogP contribution in [0.15, 0.2) is 47.8 Å². The number of halogens is 2. The molecule has 0 bridgehead atoms. The zero-order chi connectivity index (χ0) is 17.1. The van der Waals surface area contributed by atoms with Crippen molar-refractivity contribution < 1.29 is 4.79 Å². The summed E-state index contributed by atoms with van der Waals surface area (Å²) in [6.07, 6.45) is 0.201. The summed E-state index contributed by atoms with van der Waals surface area (Å²) in [6, 6.07) is 13.0. The maximum Gasteiger partial charge on any atom is 0.230 e. The smallest absolute Gasteiger partial charge is 0.230 e. The van der Waals surface area contributed by atoms with Crippen LogP contribution in [0.5, 0.6) is 0 Å². The Morgan fingerprint density at radius 2 is 1.83 bits per heavy atom. The third-order valence-corrected chi connectivity index (χ3v) is 5.03. The summed E-state index contributed by atoms with van der Waals surface area (Å²) in [5.74, 6) is -0.105. The van der Waals surface area contributed by atoms with E-state index in [9.17, 15) is 4.79 Å². The highest BCUT2D eigenvalue weighted by atomic mass is 35.5. The molecule has 1 amide bonds. The molecule has 0 radical (unpaired) electrons. The van der Waals surface area contributed by atoms with Gasteiger partial charge in [-0.25, -0.2) is 4.98 Å². The molecule has 3 aromatic rings. The molecule has 0 aliphatic carbocycles. The lowest BCUT2D eigenvalue weighted by molar-refractivity contribution is -0.115. The first-order valence-electron chi connectivity index (χ1n) is 7.29. The molecule has 1 N–H and O–H groups in total.